The summed E-state index contributed by atoms with van der Waals surface area (Å²) in [6.07, 6.45) is 6.15. The van der Waals surface area contributed by atoms with Gasteiger partial charge in [0.05, 0.1) is 17.8 Å². The molecule has 5 rings (SSSR count). The summed E-state index contributed by atoms with van der Waals surface area (Å²) in [7, 11) is 0. The molecule has 3 N–H and O–H groups in total. The van der Waals surface area contributed by atoms with Gasteiger partial charge in [0.15, 0.2) is 6.29 Å². The number of rotatable bonds is 6. The first-order valence-electron chi connectivity index (χ1n) is 16.2. The maximum atomic E-state index is 12.1. The second kappa shape index (κ2) is 10.3. The molecule has 0 aromatic carbocycles. The van der Waals surface area contributed by atoms with E-state index < -0.39 is 30.2 Å². The zero-order chi connectivity index (χ0) is 30.3. The molecular formula is C34H56O7. The van der Waals surface area contributed by atoms with E-state index in [0.717, 1.165) is 32.1 Å². The summed E-state index contributed by atoms with van der Waals surface area (Å²) >= 11 is 0. The summed E-state index contributed by atoms with van der Waals surface area (Å²) in [4.78, 5) is 11.9. The fraction of sp³-hybridized carbons (Fsp3) is 0.912. The first kappa shape index (κ1) is 31.4. The molecule has 0 amide bonds. The molecule has 0 aromatic rings. The molecule has 4 aliphatic carbocycles. The van der Waals surface area contributed by atoms with Crippen molar-refractivity contribution in [2.45, 2.75) is 144 Å². The van der Waals surface area contributed by atoms with E-state index in [4.69, 9.17) is 14.2 Å². The van der Waals surface area contributed by atoms with Gasteiger partial charge in [-0.05, 0) is 94.3 Å². The quantitative estimate of drug-likeness (QED) is 0.287. The zero-order valence-electron chi connectivity index (χ0n) is 26.9. The number of esters is 1. The van der Waals surface area contributed by atoms with Crippen LogP contribution >= 0.6 is 0 Å². The first-order valence-corrected chi connectivity index (χ1v) is 16.2. The number of carbonyl (C=O) groups excluding carboxylic acids is 1. The molecule has 3 saturated carbocycles. The van der Waals surface area contributed by atoms with Crippen molar-refractivity contribution in [1.82, 2.24) is 0 Å². The third kappa shape index (κ3) is 4.67. The number of ether oxygens (including phenoxy) is 3. The van der Waals surface area contributed by atoms with Gasteiger partial charge in [-0.15, -0.1) is 0 Å². The fourth-order valence-electron chi connectivity index (χ4n) is 11.1. The van der Waals surface area contributed by atoms with Crippen molar-refractivity contribution in [3.05, 3.63) is 11.6 Å². The van der Waals surface area contributed by atoms with Gasteiger partial charge in [-0.25, -0.2) is 0 Å². The van der Waals surface area contributed by atoms with Gasteiger partial charge in [-0.2, -0.15) is 0 Å². The van der Waals surface area contributed by atoms with Crippen LogP contribution < -0.4 is 0 Å². The van der Waals surface area contributed by atoms with E-state index in [2.05, 4.69) is 40.7 Å². The molecule has 234 valence electrons. The zero-order valence-corrected chi connectivity index (χ0v) is 26.9. The van der Waals surface area contributed by atoms with Crippen molar-refractivity contribution >= 4 is 5.97 Å². The van der Waals surface area contributed by atoms with Crippen molar-refractivity contribution < 1.29 is 34.3 Å². The van der Waals surface area contributed by atoms with Crippen LogP contribution in [0.15, 0.2) is 11.6 Å². The lowest BCUT2D eigenvalue weighted by atomic mass is 9.37. The number of fused-ring (bicyclic) bond motifs is 5. The second-order valence-corrected chi connectivity index (χ2v) is 16.0. The van der Waals surface area contributed by atoms with E-state index in [1.165, 1.54) is 12.5 Å². The van der Waals surface area contributed by atoms with E-state index >= 15 is 0 Å². The van der Waals surface area contributed by atoms with Gasteiger partial charge in [0.1, 0.15) is 12.2 Å². The van der Waals surface area contributed by atoms with Gasteiger partial charge in [-0.3, -0.25) is 4.79 Å². The third-order valence-electron chi connectivity index (χ3n) is 13.1. The number of hydrogen-bond donors (Lipinski definition) is 3. The van der Waals surface area contributed by atoms with Gasteiger partial charge in [-0.1, -0.05) is 46.3 Å². The van der Waals surface area contributed by atoms with Crippen LogP contribution in [-0.4, -0.2) is 64.2 Å². The Morgan fingerprint density at radius 2 is 1.80 bits per heavy atom. The number of aliphatic hydroxyl groups is 3. The smallest absolute Gasteiger partial charge is 0.302 e. The van der Waals surface area contributed by atoms with E-state index in [0.29, 0.717) is 25.4 Å². The third-order valence-corrected chi connectivity index (χ3v) is 13.1. The largest absolute Gasteiger partial charge is 0.462 e. The molecule has 0 spiro atoms. The second-order valence-electron chi connectivity index (χ2n) is 16.0. The number of carbonyl (C=O) groups is 1. The average Bonchev–Trinajstić information content (AvgIpc) is 3.43. The molecule has 1 saturated heterocycles. The number of allylic oxidation sites excluding steroid dienone is 1. The van der Waals surface area contributed by atoms with Crippen molar-refractivity contribution in [3.63, 3.8) is 0 Å². The minimum atomic E-state index is -1.26. The van der Waals surface area contributed by atoms with Crippen molar-refractivity contribution in [2.24, 2.45) is 45.3 Å². The Morgan fingerprint density at radius 3 is 2.41 bits per heavy atom. The summed E-state index contributed by atoms with van der Waals surface area (Å²) in [6, 6.07) is 0. The topological polar surface area (TPSA) is 105 Å². The molecule has 7 nitrogen and oxygen atoms in total. The minimum absolute atomic E-state index is 0.0423. The molecular weight excluding hydrogens is 520 g/mol. The molecule has 0 radical (unpaired) electrons. The Bertz CT molecular complexity index is 1050. The van der Waals surface area contributed by atoms with Gasteiger partial charge in [0, 0.05) is 30.3 Å². The molecule has 0 bridgehead atoms. The molecule has 12 atom stereocenters. The van der Waals surface area contributed by atoms with Gasteiger partial charge in [0.25, 0.3) is 0 Å². The highest BCUT2D eigenvalue weighted by Crippen LogP contribution is 2.73. The normalized spacial score (nSPS) is 48.0. The van der Waals surface area contributed by atoms with Crippen LogP contribution in [-0.2, 0) is 19.0 Å². The lowest BCUT2D eigenvalue weighted by Gasteiger charge is -2.68. The highest BCUT2D eigenvalue weighted by molar-refractivity contribution is 5.66. The predicted octanol–water partition coefficient (Wildman–Crippen LogP) is 5.39. The molecule has 5 aliphatic rings. The average molecular weight is 577 g/mol. The van der Waals surface area contributed by atoms with Crippen LogP contribution in [0.2, 0.25) is 0 Å². The highest BCUT2D eigenvalue weighted by atomic mass is 16.7. The van der Waals surface area contributed by atoms with Crippen molar-refractivity contribution in [1.29, 1.82) is 0 Å². The SMILES string of the molecule is CCO[C@@H]1O[C@@H]([C@H](O)C(C)(C)O)C[C@H]1[C@@H]1CC=C2[C@]3(C)[C@H](O)C[C@H]4C(C)(C)[C@H](OC(C)=O)CC[C@]4(C)[C@H]3CC[C@]21C. The fourth-order valence-corrected chi connectivity index (χ4v) is 11.1. The van der Waals surface area contributed by atoms with Crippen LogP contribution in [0, 0.1) is 45.3 Å². The van der Waals surface area contributed by atoms with Crippen LogP contribution in [0.25, 0.3) is 0 Å². The Balaban J connectivity index is 1.44. The number of aliphatic hydroxyl groups excluding tert-OH is 2. The minimum Gasteiger partial charge on any atom is -0.462 e. The van der Waals surface area contributed by atoms with E-state index in [9.17, 15) is 20.1 Å². The maximum Gasteiger partial charge on any atom is 0.302 e. The molecule has 41 heavy (non-hydrogen) atoms. The lowest BCUT2D eigenvalue weighted by molar-refractivity contribution is -0.221. The van der Waals surface area contributed by atoms with Gasteiger partial charge >= 0.3 is 5.97 Å². The van der Waals surface area contributed by atoms with Crippen LogP contribution in [0.3, 0.4) is 0 Å². The summed E-state index contributed by atoms with van der Waals surface area (Å²) in [5, 5.41) is 33.5. The first-order chi connectivity index (χ1) is 18.9. The van der Waals surface area contributed by atoms with Crippen molar-refractivity contribution in [2.75, 3.05) is 6.61 Å². The Kier molecular flexibility index (Phi) is 7.89. The molecule has 1 aliphatic heterocycles. The Hall–Kier alpha value is -0.990. The summed E-state index contributed by atoms with van der Waals surface area (Å²) in [5.41, 5.74) is -0.454. The molecule has 1 heterocycles. The van der Waals surface area contributed by atoms with Crippen molar-refractivity contribution in [3.8, 4) is 0 Å². The van der Waals surface area contributed by atoms with Crippen LogP contribution in [0.4, 0.5) is 0 Å². The molecule has 0 aromatic heterocycles. The maximum absolute atomic E-state index is 12.1. The van der Waals surface area contributed by atoms with Crippen LogP contribution in [0.1, 0.15) is 107 Å². The highest BCUT2D eigenvalue weighted by Gasteiger charge is 2.69. The summed E-state index contributed by atoms with van der Waals surface area (Å²) in [6.45, 7) is 18.9. The van der Waals surface area contributed by atoms with Gasteiger partial charge in [0.2, 0.25) is 0 Å². The van der Waals surface area contributed by atoms with E-state index in [1.807, 2.05) is 6.92 Å². The molecule has 4 fully saturated rings. The predicted molar refractivity (Wildman–Crippen MR) is 157 cm³/mol. The summed E-state index contributed by atoms with van der Waals surface area (Å²) < 4.78 is 18.3. The lowest BCUT2D eigenvalue weighted by Crippen LogP contribution is -2.65. The molecule has 7 heteroatoms. The van der Waals surface area contributed by atoms with Gasteiger partial charge < -0.3 is 29.5 Å². The Morgan fingerprint density at radius 1 is 1.12 bits per heavy atom. The van der Waals surface area contributed by atoms with E-state index in [-0.39, 0.29) is 51.5 Å². The number of hydrogen-bond acceptors (Lipinski definition) is 7. The van der Waals surface area contributed by atoms with Crippen LogP contribution in [0.5, 0.6) is 0 Å². The summed E-state index contributed by atoms with van der Waals surface area (Å²) in [5.74, 6) is 0.754. The monoisotopic (exact) mass is 576 g/mol. The van der Waals surface area contributed by atoms with E-state index in [1.54, 1.807) is 13.8 Å². The standard InChI is InChI=1S/C34H56O7/c1-10-39-29-20(17-22(41-29)28(37)31(5,6)38)21-11-12-23-32(21,7)15-13-24-33(8)16-14-27(40-19(2)35)30(3,4)25(33)18-26(36)34(23,24)9/h12,20-22,24-29,36-38H,10-11,13-18H2,1-9H3/t20-,21-,22+,24+,25-,26+,27+,28-,29+,32-,33+,34-/m0/s1. The molecule has 0 unspecified atom stereocenters. The Labute approximate surface area is 247 Å².